The van der Waals surface area contributed by atoms with E-state index in [0.29, 0.717) is 11.5 Å². The standard InChI is InChI=1S/C19H15N3O4S2/c23-17(8-6-12-5-7-14-15(9-12)26-11-25-14)21-22-18(24)10-27-19-20-13-3-1-2-4-16(13)28-19/h1-9H,10-11H2,(H,21,23)(H,22,24)/b8-6+. The van der Waals surface area contributed by atoms with E-state index in [1.54, 1.807) is 18.2 Å². The highest BCUT2D eigenvalue weighted by atomic mass is 32.2. The van der Waals surface area contributed by atoms with Crippen LogP contribution in [0.5, 0.6) is 11.5 Å². The van der Waals surface area contributed by atoms with Crippen LogP contribution in [-0.2, 0) is 9.59 Å². The van der Waals surface area contributed by atoms with E-state index < -0.39 is 5.91 Å². The molecular weight excluding hydrogens is 398 g/mol. The van der Waals surface area contributed by atoms with Crippen molar-refractivity contribution in [2.75, 3.05) is 12.5 Å². The van der Waals surface area contributed by atoms with Crippen molar-refractivity contribution >= 4 is 51.2 Å². The summed E-state index contributed by atoms with van der Waals surface area (Å²) in [5.41, 5.74) is 6.45. The van der Waals surface area contributed by atoms with Crippen LogP contribution in [0.3, 0.4) is 0 Å². The first kappa shape index (κ1) is 18.3. The smallest absolute Gasteiger partial charge is 0.262 e. The molecule has 1 aliphatic rings. The number of carbonyl (C=O) groups is 2. The molecule has 0 radical (unpaired) electrons. The Balaban J connectivity index is 1.23. The molecule has 0 aliphatic carbocycles. The van der Waals surface area contributed by atoms with Crippen LogP contribution in [0.15, 0.2) is 52.9 Å². The molecule has 0 spiro atoms. The van der Waals surface area contributed by atoms with Gasteiger partial charge in [0, 0.05) is 6.08 Å². The fourth-order valence-electron chi connectivity index (χ4n) is 2.44. The van der Waals surface area contributed by atoms with Crippen molar-refractivity contribution < 1.29 is 19.1 Å². The second-order valence-corrected chi connectivity index (χ2v) is 7.97. The molecule has 2 aromatic carbocycles. The molecule has 2 heterocycles. The minimum atomic E-state index is -0.434. The molecule has 142 valence electrons. The average molecular weight is 413 g/mol. The predicted molar refractivity (Wildman–Crippen MR) is 108 cm³/mol. The number of aromatic nitrogens is 1. The molecule has 1 aliphatic heterocycles. The number of fused-ring (bicyclic) bond motifs is 2. The van der Waals surface area contributed by atoms with Crippen molar-refractivity contribution in [2.24, 2.45) is 0 Å². The van der Waals surface area contributed by atoms with Gasteiger partial charge >= 0.3 is 0 Å². The first-order valence-corrected chi connectivity index (χ1v) is 10.1. The Morgan fingerprint density at radius 3 is 2.89 bits per heavy atom. The maximum atomic E-state index is 11.9. The van der Waals surface area contributed by atoms with Crippen molar-refractivity contribution in [1.82, 2.24) is 15.8 Å². The van der Waals surface area contributed by atoms with E-state index in [0.717, 1.165) is 20.1 Å². The zero-order chi connectivity index (χ0) is 19.3. The van der Waals surface area contributed by atoms with Crippen LogP contribution in [0.2, 0.25) is 0 Å². The molecule has 0 bridgehead atoms. The third-order valence-corrected chi connectivity index (χ3v) is 5.93. The summed E-state index contributed by atoms with van der Waals surface area (Å²) in [7, 11) is 0. The molecule has 9 heteroatoms. The SMILES string of the molecule is O=C(/C=C/c1ccc2c(c1)OCO2)NNC(=O)CSc1nc2ccccc2s1. The second-order valence-electron chi connectivity index (χ2n) is 5.72. The van der Waals surface area contributed by atoms with Gasteiger partial charge in [0.05, 0.1) is 16.0 Å². The van der Waals surface area contributed by atoms with Crippen LogP contribution < -0.4 is 20.3 Å². The number of hydrogen-bond donors (Lipinski definition) is 2. The highest BCUT2D eigenvalue weighted by Crippen LogP contribution is 2.32. The Labute approximate surface area is 168 Å². The third kappa shape index (κ3) is 4.44. The Hall–Kier alpha value is -3.04. The van der Waals surface area contributed by atoms with Gasteiger partial charge in [0.25, 0.3) is 5.91 Å². The molecule has 0 saturated carbocycles. The number of para-hydroxylation sites is 1. The maximum Gasteiger partial charge on any atom is 0.262 e. The van der Waals surface area contributed by atoms with Crippen molar-refractivity contribution in [3.05, 3.63) is 54.1 Å². The Kier molecular flexibility index (Phi) is 5.45. The van der Waals surface area contributed by atoms with E-state index in [4.69, 9.17) is 9.47 Å². The number of carbonyl (C=O) groups excluding carboxylic acids is 2. The third-order valence-electron chi connectivity index (χ3n) is 3.75. The lowest BCUT2D eigenvalue weighted by Crippen LogP contribution is -2.41. The molecule has 0 saturated heterocycles. The fourth-order valence-corrected chi connectivity index (χ4v) is 4.31. The van der Waals surface area contributed by atoms with Gasteiger partial charge in [0.1, 0.15) is 0 Å². The predicted octanol–water partition coefficient (Wildman–Crippen LogP) is 2.98. The quantitative estimate of drug-likeness (QED) is 0.380. The van der Waals surface area contributed by atoms with Crippen molar-refractivity contribution in [2.45, 2.75) is 4.34 Å². The van der Waals surface area contributed by atoms with Gasteiger partial charge in [-0.25, -0.2) is 4.98 Å². The zero-order valence-corrected chi connectivity index (χ0v) is 16.1. The number of thioether (sulfide) groups is 1. The van der Waals surface area contributed by atoms with Crippen LogP contribution in [0.4, 0.5) is 0 Å². The summed E-state index contributed by atoms with van der Waals surface area (Å²) < 4.78 is 12.4. The van der Waals surface area contributed by atoms with Crippen LogP contribution in [0.25, 0.3) is 16.3 Å². The summed E-state index contributed by atoms with van der Waals surface area (Å²) in [6.45, 7) is 0.198. The molecule has 28 heavy (non-hydrogen) atoms. The summed E-state index contributed by atoms with van der Waals surface area (Å²) in [6, 6.07) is 13.2. The van der Waals surface area contributed by atoms with E-state index in [1.807, 2.05) is 30.3 Å². The number of thiazole rings is 1. The number of nitrogens with one attached hydrogen (secondary N) is 2. The van der Waals surface area contributed by atoms with E-state index in [1.165, 1.54) is 29.2 Å². The number of rotatable bonds is 5. The first-order valence-electron chi connectivity index (χ1n) is 8.32. The van der Waals surface area contributed by atoms with Crippen LogP contribution in [-0.4, -0.2) is 29.3 Å². The van der Waals surface area contributed by atoms with E-state index in [-0.39, 0.29) is 18.5 Å². The van der Waals surface area contributed by atoms with Crippen molar-refractivity contribution in [3.8, 4) is 11.5 Å². The molecule has 1 aromatic heterocycles. The van der Waals surface area contributed by atoms with Gasteiger partial charge in [-0.2, -0.15) is 0 Å². The normalized spacial score (nSPS) is 12.4. The van der Waals surface area contributed by atoms with Crippen LogP contribution in [0.1, 0.15) is 5.56 Å². The molecule has 2 N–H and O–H groups in total. The number of hydrazine groups is 1. The highest BCUT2D eigenvalue weighted by Gasteiger charge is 2.12. The molecule has 4 rings (SSSR count). The summed E-state index contributed by atoms with van der Waals surface area (Å²) >= 11 is 2.86. The van der Waals surface area contributed by atoms with Gasteiger partial charge < -0.3 is 9.47 Å². The topological polar surface area (TPSA) is 89.5 Å². The summed E-state index contributed by atoms with van der Waals surface area (Å²) in [4.78, 5) is 28.2. The Bertz CT molecular complexity index is 1030. The maximum absolute atomic E-state index is 11.9. The molecule has 0 atom stereocenters. The van der Waals surface area contributed by atoms with Gasteiger partial charge in [0.15, 0.2) is 15.8 Å². The van der Waals surface area contributed by atoms with Crippen LogP contribution in [0, 0.1) is 0 Å². The average Bonchev–Trinajstić information content (AvgIpc) is 3.34. The molecule has 0 fully saturated rings. The first-order chi connectivity index (χ1) is 13.7. The van der Waals surface area contributed by atoms with Gasteiger partial charge in [-0.1, -0.05) is 30.0 Å². The van der Waals surface area contributed by atoms with E-state index >= 15 is 0 Å². The Morgan fingerprint density at radius 2 is 2.00 bits per heavy atom. The zero-order valence-electron chi connectivity index (χ0n) is 14.5. The molecule has 7 nitrogen and oxygen atoms in total. The Morgan fingerprint density at radius 1 is 1.14 bits per heavy atom. The van der Waals surface area contributed by atoms with Gasteiger partial charge in [-0.15, -0.1) is 11.3 Å². The minimum Gasteiger partial charge on any atom is -0.454 e. The summed E-state index contributed by atoms with van der Waals surface area (Å²) in [5.74, 6) is 0.735. The lowest BCUT2D eigenvalue weighted by Gasteiger charge is -2.04. The van der Waals surface area contributed by atoms with E-state index in [2.05, 4.69) is 15.8 Å². The van der Waals surface area contributed by atoms with Gasteiger partial charge in [0.2, 0.25) is 12.7 Å². The number of nitrogens with zero attached hydrogens (tertiary/aromatic N) is 1. The van der Waals surface area contributed by atoms with Crippen molar-refractivity contribution in [3.63, 3.8) is 0 Å². The molecular formula is C19H15N3O4S2. The highest BCUT2D eigenvalue weighted by molar-refractivity contribution is 8.01. The lowest BCUT2D eigenvalue weighted by molar-refractivity contribution is -0.125. The van der Waals surface area contributed by atoms with Crippen molar-refractivity contribution in [1.29, 1.82) is 0 Å². The number of amides is 2. The molecule has 2 amide bonds. The molecule has 0 unspecified atom stereocenters. The largest absolute Gasteiger partial charge is 0.454 e. The fraction of sp³-hybridized carbons (Fsp3) is 0.105. The summed E-state index contributed by atoms with van der Waals surface area (Å²) in [5, 5.41) is 0. The molecule has 3 aromatic rings. The van der Waals surface area contributed by atoms with Crippen LogP contribution >= 0.6 is 23.1 Å². The van der Waals surface area contributed by atoms with Gasteiger partial charge in [-0.3, -0.25) is 20.4 Å². The van der Waals surface area contributed by atoms with Gasteiger partial charge in [-0.05, 0) is 35.9 Å². The minimum absolute atomic E-state index is 0.159. The second kappa shape index (κ2) is 8.32. The number of hydrogen-bond acceptors (Lipinski definition) is 7. The number of benzene rings is 2. The lowest BCUT2D eigenvalue weighted by atomic mass is 10.2. The van der Waals surface area contributed by atoms with E-state index in [9.17, 15) is 9.59 Å². The summed E-state index contributed by atoms with van der Waals surface area (Å²) in [6.07, 6.45) is 2.96. The number of ether oxygens (including phenoxy) is 2. The monoisotopic (exact) mass is 413 g/mol.